The minimum Gasteiger partial charge on any atom is -0.870 e. The molecule has 2 N–H and O–H groups in total. The Morgan fingerprint density at radius 3 is 2.33 bits per heavy atom. The Kier molecular flexibility index (Phi) is 9.27. The molecule has 0 aromatic heterocycles. The molecule has 0 aromatic rings. The van der Waals surface area contributed by atoms with Crippen molar-refractivity contribution in [3.05, 3.63) is 11.8 Å². The number of hydrogen-bond donors (Lipinski definition) is 1. The molecule has 0 atom stereocenters. The maximum absolute atomic E-state index is 10.6. The number of allylic oxidation sites excluding steroid dienone is 2. The fraction of sp³-hybridized carbons (Fsp3) is 0.818. The molecule has 0 saturated carbocycles. The summed E-state index contributed by atoms with van der Waals surface area (Å²) in [7, 11) is 0.190. The van der Waals surface area contributed by atoms with Crippen molar-refractivity contribution in [3.63, 3.8) is 0 Å². The number of rotatable bonds is 8. The van der Waals surface area contributed by atoms with Gasteiger partial charge in [-0.1, -0.05) is 6.08 Å². The summed E-state index contributed by atoms with van der Waals surface area (Å²) in [6, 6.07) is 0. The number of hydrogen-bond acceptors (Lipinski definition) is 4. The van der Waals surface area contributed by atoms with Crippen molar-refractivity contribution < 1.29 is 27.7 Å². The van der Waals surface area contributed by atoms with E-state index in [0.717, 1.165) is 12.3 Å². The second kappa shape index (κ2) is 8.47. The minimum absolute atomic E-state index is 0. The lowest BCUT2D eigenvalue weighted by molar-refractivity contribution is -0.890. The van der Waals surface area contributed by atoms with E-state index in [1.54, 1.807) is 0 Å². The van der Waals surface area contributed by atoms with Crippen LogP contribution in [0.5, 0.6) is 0 Å². The van der Waals surface area contributed by atoms with Crippen LogP contribution in [-0.4, -0.2) is 62.5 Å². The van der Waals surface area contributed by atoms with Crippen LogP contribution in [0, 0.1) is 0 Å². The van der Waals surface area contributed by atoms with Gasteiger partial charge in [-0.15, -0.1) is 0 Å². The molecular formula is C11H25NO5S. The Morgan fingerprint density at radius 2 is 1.89 bits per heavy atom. The van der Waals surface area contributed by atoms with E-state index in [0.29, 0.717) is 24.1 Å². The van der Waals surface area contributed by atoms with E-state index in [1.165, 1.54) is 0 Å². The van der Waals surface area contributed by atoms with E-state index in [9.17, 15) is 8.42 Å². The Morgan fingerprint density at radius 1 is 1.33 bits per heavy atom. The van der Waals surface area contributed by atoms with Gasteiger partial charge >= 0.3 is 0 Å². The summed E-state index contributed by atoms with van der Waals surface area (Å²) >= 11 is 0. The molecule has 0 aliphatic rings. The summed E-state index contributed by atoms with van der Waals surface area (Å²) in [5.74, 6) is 0.714. The molecule has 0 spiro atoms. The molecular weight excluding hydrogens is 258 g/mol. The second-order valence-electron chi connectivity index (χ2n) is 4.77. The zero-order chi connectivity index (χ0) is 13.5. The van der Waals surface area contributed by atoms with Crippen molar-refractivity contribution in [2.45, 2.75) is 20.3 Å². The van der Waals surface area contributed by atoms with Crippen molar-refractivity contribution in [1.29, 1.82) is 0 Å². The van der Waals surface area contributed by atoms with Crippen LogP contribution >= 0.6 is 0 Å². The van der Waals surface area contributed by atoms with Crippen LogP contribution in [0.25, 0.3) is 0 Å². The summed E-state index contributed by atoms with van der Waals surface area (Å²) in [5, 5.41) is 0. The molecule has 0 unspecified atom stereocenters. The van der Waals surface area contributed by atoms with Crippen molar-refractivity contribution in [2.75, 3.05) is 39.5 Å². The highest BCUT2D eigenvalue weighted by atomic mass is 32.2. The monoisotopic (exact) mass is 283 g/mol. The highest BCUT2D eigenvalue weighted by molar-refractivity contribution is 7.85. The van der Waals surface area contributed by atoms with Crippen LogP contribution in [0.15, 0.2) is 11.8 Å². The normalized spacial score (nSPS) is 13.1. The molecule has 0 heterocycles. The van der Waals surface area contributed by atoms with Gasteiger partial charge < -0.3 is 14.7 Å². The molecule has 18 heavy (non-hydrogen) atoms. The second-order valence-corrected chi connectivity index (χ2v) is 6.34. The summed E-state index contributed by atoms with van der Waals surface area (Å²) in [6.45, 7) is 5.92. The number of quaternary nitrogens is 1. The van der Waals surface area contributed by atoms with Crippen LogP contribution < -0.4 is 0 Å². The molecule has 0 amide bonds. The van der Waals surface area contributed by atoms with Gasteiger partial charge in [0.2, 0.25) is 0 Å². The number of ether oxygens (including phenoxy) is 1. The van der Waals surface area contributed by atoms with Crippen LogP contribution in [0.2, 0.25) is 0 Å². The Hall–Kier alpha value is -0.630. The van der Waals surface area contributed by atoms with Crippen molar-refractivity contribution in [1.82, 2.24) is 0 Å². The standard InChI is InChI=1S/C11H23NO4S.H2O/c1-5-11(2)16-9-8-12(3,4)7-6-10-17(13,14)15;/h5H,6-10H2,1-4H3;1H2. The van der Waals surface area contributed by atoms with Gasteiger partial charge in [0.25, 0.3) is 10.1 Å². The van der Waals surface area contributed by atoms with Gasteiger partial charge in [0.05, 0.1) is 32.2 Å². The predicted molar refractivity (Wildman–Crippen MR) is 70.2 cm³/mol. The first-order valence-electron chi connectivity index (χ1n) is 5.69. The highest BCUT2D eigenvalue weighted by Gasteiger charge is 2.16. The zero-order valence-electron chi connectivity index (χ0n) is 11.6. The first-order valence-corrected chi connectivity index (χ1v) is 7.30. The topological polar surface area (TPSA) is 93.6 Å². The maximum Gasteiger partial charge on any atom is 0.265 e. The third-order valence-corrected chi connectivity index (χ3v) is 3.40. The third-order valence-electron chi connectivity index (χ3n) is 2.60. The Labute approximate surface area is 110 Å². The van der Waals surface area contributed by atoms with Gasteiger partial charge in [-0.05, 0) is 13.8 Å². The molecule has 110 valence electrons. The molecule has 0 aliphatic carbocycles. The largest absolute Gasteiger partial charge is 0.870 e. The zero-order valence-corrected chi connectivity index (χ0v) is 12.4. The number of nitrogens with zero attached hydrogens (tertiary/aromatic N) is 1. The van der Waals surface area contributed by atoms with Crippen LogP contribution in [0.3, 0.4) is 0 Å². The van der Waals surface area contributed by atoms with Gasteiger partial charge in [-0.2, -0.15) is 8.42 Å². The Balaban J connectivity index is 0. The minimum atomic E-state index is -3.83. The van der Waals surface area contributed by atoms with Gasteiger partial charge in [0, 0.05) is 6.42 Å². The highest BCUT2D eigenvalue weighted by Crippen LogP contribution is 2.03. The lowest BCUT2D eigenvalue weighted by Gasteiger charge is -2.29. The maximum atomic E-state index is 10.6. The molecule has 0 aliphatic heterocycles. The smallest absolute Gasteiger partial charge is 0.265 e. The summed E-state index contributed by atoms with van der Waals surface area (Å²) in [4.78, 5) is 0. The molecule has 0 aromatic carbocycles. The lowest BCUT2D eigenvalue weighted by atomic mass is 10.3. The van der Waals surface area contributed by atoms with Crippen molar-refractivity contribution >= 4 is 10.1 Å². The number of likely N-dealkylation sites (N-methyl/N-ethyl adjacent to an activating group) is 1. The van der Waals surface area contributed by atoms with Crippen LogP contribution in [0.4, 0.5) is 0 Å². The van der Waals surface area contributed by atoms with E-state index in [1.807, 2.05) is 34.0 Å². The van der Waals surface area contributed by atoms with Gasteiger partial charge in [-0.3, -0.25) is 4.55 Å². The summed E-state index contributed by atoms with van der Waals surface area (Å²) in [6.07, 6.45) is 2.35. The molecule has 0 radical (unpaired) electrons. The summed E-state index contributed by atoms with van der Waals surface area (Å²) in [5.41, 5.74) is 0. The quantitative estimate of drug-likeness (QED) is 0.409. The average Bonchev–Trinajstić information content (AvgIpc) is 2.14. The van der Waals surface area contributed by atoms with E-state index in [4.69, 9.17) is 9.29 Å². The van der Waals surface area contributed by atoms with Crippen LogP contribution in [0.1, 0.15) is 20.3 Å². The third kappa shape index (κ3) is 11.8. The Bertz CT molecular complexity index is 348. The SMILES string of the molecule is CC=C(C)OCC[N+](C)(C)CCCS(=O)(=O)O.[OH-]. The summed E-state index contributed by atoms with van der Waals surface area (Å²) < 4.78 is 35.9. The fourth-order valence-corrected chi connectivity index (χ4v) is 1.82. The van der Waals surface area contributed by atoms with E-state index in [-0.39, 0.29) is 11.2 Å². The predicted octanol–water partition coefficient (Wildman–Crippen LogP) is 1.10. The van der Waals surface area contributed by atoms with Gasteiger partial charge in [-0.25, -0.2) is 0 Å². The van der Waals surface area contributed by atoms with E-state index in [2.05, 4.69) is 0 Å². The van der Waals surface area contributed by atoms with Crippen molar-refractivity contribution in [3.8, 4) is 0 Å². The molecule has 6 nitrogen and oxygen atoms in total. The lowest BCUT2D eigenvalue weighted by Crippen LogP contribution is -2.43. The first-order chi connectivity index (χ1) is 7.66. The average molecular weight is 283 g/mol. The van der Waals surface area contributed by atoms with Gasteiger partial charge in [0.1, 0.15) is 13.2 Å². The first kappa shape index (κ1) is 19.7. The van der Waals surface area contributed by atoms with E-state index >= 15 is 0 Å². The fourth-order valence-electron chi connectivity index (χ4n) is 1.32. The van der Waals surface area contributed by atoms with Crippen molar-refractivity contribution in [2.24, 2.45) is 0 Å². The van der Waals surface area contributed by atoms with E-state index < -0.39 is 10.1 Å². The molecule has 0 fully saturated rings. The molecule has 7 heteroatoms. The molecule has 0 rings (SSSR count). The van der Waals surface area contributed by atoms with Gasteiger partial charge in [0.15, 0.2) is 0 Å². The molecule has 0 bridgehead atoms. The molecule has 0 saturated heterocycles. The van der Waals surface area contributed by atoms with Crippen LogP contribution in [-0.2, 0) is 14.9 Å².